The van der Waals surface area contributed by atoms with Crippen LogP contribution in [0.1, 0.15) is 6.92 Å². The van der Waals surface area contributed by atoms with E-state index in [-0.39, 0.29) is 0 Å². The van der Waals surface area contributed by atoms with Gasteiger partial charge in [0.05, 0.1) is 52.4 Å². The van der Waals surface area contributed by atoms with Crippen LogP contribution < -0.4 is 0 Å². The fraction of sp³-hybridized carbons (Fsp3) is 1.00. The largest absolute Gasteiger partial charge is 0.394 e. The molecule has 7 fully saturated rings. The summed E-state index contributed by atoms with van der Waals surface area (Å²) in [6, 6.07) is 0. The molecule has 0 spiro atoms. The molecule has 456 valence electrons. The van der Waals surface area contributed by atoms with Crippen LogP contribution in [0.4, 0.5) is 0 Å². The standard InChI is InChI=1S/C43H74O35/c1-9-17(50)33(24(57)16(67-9)8-66-38-27(60)25(58)18(51)10(2-44)68-38)74-40-30(63)35(21(54)13(5-47)70-40)76-42-32(65)37(23(56)15(7-49)72-42)78-43-31(64)36(22(55)14(6-48)73-43)77-41-29(62)34(20(53)12(4-46)71-41)75-39-28(61)26(59)19(52)11(3-45)69-39/h9-65H,2-8H2,1H3/t9-,10?,11?,12?,13?,14?,15?,16?,17?,18+,19+,20+,21+,22+,23+,24+,25-,26-,27?,28?,29?,30?,31?,32?,33+,34-,35-,36-,37-,38+,39-,40-,41-,42-,43-/m0/s1. The van der Waals surface area contributed by atoms with E-state index < -0.39 is 261 Å². The molecule has 35 heteroatoms. The fourth-order valence-corrected chi connectivity index (χ4v) is 10.1. The van der Waals surface area contributed by atoms with Crippen molar-refractivity contribution in [1.82, 2.24) is 0 Å². The Kier molecular flexibility index (Phi) is 22.7. The predicted molar refractivity (Wildman–Crippen MR) is 235 cm³/mol. The predicted octanol–water partition coefficient (Wildman–Crippen LogP) is -15.2. The van der Waals surface area contributed by atoms with Crippen molar-refractivity contribution in [3.8, 4) is 0 Å². The Bertz CT molecular complexity index is 1810. The summed E-state index contributed by atoms with van der Waals surface area (Å²) in [7, 11) is 0. The number of aliphatic hydroxyl groups is 22. The highest BCUT2D eigenvalue weighted by Crippen LogP contribution is 2.37. The van der Waals surface area contributed by atoms with Crippen molar-refractivity contribution in [3.05, 3.63) is 0 Å². The maximum Gasteiger partial charge on any atom is 0.187 e. The number of hydrogen-bond acceptors (Lipinski definition) is 35. The lowest BCUT2D eigenvalue weighted by atomic mass is 9.94. The third kappa shape index (κ3) is 13.1. The second-order valence-corrected chi connectivity index (χ2v) is 19.9. The summed E-state index contributed by atoms with van der Waals surface area (Å²) in [5.41, 5.74) is 0. The van der Waals surface area contributed by atoms with Crippen LogP contribution in [-0.2, 0) is 61.6 Å². The van der Waals surface area contributed by atoms with Gasteiger partial charge >= 0.3 is 0 Å². The second-order valence-electron chi connectivity index (χ2n) is 19.9. The molecular formula is C43H74O35. The van der Waals surface area contributed by atoms with Crippen molar-refractivity contribution >= 4 is 0 Å². The number of aliphatic hydroxyl groups excluding tert-OH is 22. The summed E-state index contributed by atoms with van der Waals surface area (Å²) in [6.07, 6.45) is -66.3. The highest BCUT2D eigenvalue weighted by atomic mass is 16.8. The molecular weight excluding hydrogens is 1080 g/mol. The van der Waals surface area contributed by atoms with Crippen molar-refractivity contribution < 1.29 is 174 Å². The lowest BCUT2D eigenvalue weighted by molar-refractivity contribution is -0.397. The van der Waals surface area contributed by atoms with Gasteiger partial charge in [0.2, 0.25) is 0 Å². The highest BCUT2D eigenvalue weighted by Gasteiger charge is 2.58. The van der Waals surface area contributed by atoms with E-state index in [1.54, 1.807) is 0 Å². The molecule has 7 aliphatic heterocycles. The molecule has 35 nitrogen and oxygen atoms in total. The van der Waals surface area contributed by atoms with Gasteiger partial charge in [-0.25, -0.2) is 0 Å². The molecule has 0 bridgehead atoms. The Hall–Kier alpha value is -1.40. The van der Waals surface area contributed by atoms with Crippen LogP contribution in [0.2, 0.25) is 0 Å². The molecule has 0 aromatic carbocycles. The van der Waals surface area contributed by atoms with E-state index in [4.69, 9.17) is 61.6 Å². The quantitative estimate of drug-likeness (QED) is 0.0571. The van der Waals surface area contributed by atoms with Gasteiger partial charge in [-0.3, -0.25) is 0 Å². The van der Waals surface area contributed by atoms with Gasteiger partial charge in [-0.2, -0.15) is 0 Å². The molecule has 7 aliphatic rings. The van der Waals surface area contributed by atoms with Crippen LogP contribution in [0.15, 0.2) is 0 Å². The first kappa shape index (κ1) is 64.2. The molecule has 0 radical (unpaired) electrons. The molecule has 7 saturated heterocycles. The minimum absolute atomic E-state index is 0.643. The Morgan fingerprint density at radius 1 is 0.244 bits per heavy atom. The van der Waals surface area contributed by atoms with E-state index in [0.29, 0.717) is 0 Å². The lowest BCUT2D eigenvalue weighted by Crippen LogP contribution is -2.68. The van der Waals surface area contributed by atoms with Crippen molar-refractivity contribution in [2.75, 3.05) is 46.2 Å². The molecule has 35 atom stereocenters. The first-order valence-corrected chi connectivity index (χ1v) is 25.0. The van der Waals surface area contributed by atoms with Crippen LogP contribution in [0.5, 0.6) is 0 Å². The zero-order chi connectivity index (χ0) is 57.3. The van der Waals surface area contributed by atoms with Gasteiger partial charge in [0, 0.05) is 0 Å². The lowest BCUT2D eigenvalue weighted by Gasteiger charge is -2.50. The number of rotatable bonds is 19. The smallest absolute Gasteiger partial charge is 0.187 e. The summed E-state index contributed by atoms with van der Waals surface area (Å²) in [5.74, 6) is 0. The van der Waals surface area contributed by atoms with Gasteiger partial charge in [0.1, 0.15) is 171 Å². The van der Waals surface area contributed by atoms with Crippen molar-refractivity contribution in [3.63, 3.8) is 0 Å². The summed E-state index contributed by atoms with van der Waals surface area (Å²) < 4.78 is 72.9. The molecule has 22 N–H and O–H groups in total. The fourth-order valence-electron chi connectivity index (χ4n) is 10.1. The molecule has 14 unspecified atom stereocenters. The highest BCUT2D eigenvalue weighted by molar-refractivity contribution is 5.01. The van der Waals surface area contributed by atoms with Crippen molar-refractivity contribution in [2.45, 2.75) is 222 Å². The van der Waals surface area contributed by atoms with Crippen LogP contribution in [0, 0.1) is 0 Å². The molecule has 0 saturated carbocycles. The minimum atomic E-state index is -2.29. The first-order valence-electron chi connectivity index (χ1n) is 25.0. The number of ether oxygens (including phenoxy) is 13. The minimum Gasteiger partial charge on any atom is -0.394 e. The van der Waals surface area contributed by atoms with E-state index in [0.717, 1.165) is 0 Å². The summed E-state index contributed by atoms with van der Waals surface area (Å²) in [4.78, 5) is 0. The second kappa shape index (κ2) is 27.5. The van der Waals surface area contributed by atoms with E-state index in [9.17, 15) is 112 Å². The monoisotopic (exact) mass is 1150 g/mol. The van der Waals surface area contributed by atoms with Gasteiger partial charge in [-0.1, -0.05) is 0 Å². The van der Waals surface area contributed by atoms with Crippen LogP contribution in [-0.4, -0.2) is 373 Å². The normalized spacial score (nSPS) is 53.5. The summed E-state index contributed by atoms with van der Waals surface area (Å²) >= 11 is 0. The molecule has 78 heavy (non-hydrogen) atoms. The van der Waals surface area contributed by atoms with Crippen LogP contribution in [0.25, 0.3) is 0 Å². The molecule has 0 aromatic heterocycles. The zero-order valence-corrected chi connectivity index (χ0v) is 41.3. The SMILES string of the molecule is C[C@@H]1OC(CO[C@@H]2OC(CO)[C@@H](O)[C@H](O)C2O)[C@@H](O)[C@H](O[C@@H]2OC(CO)[C@@H](O)[C@H](O[C@@H]3OC(CO)[C@@H](O)[C@H](O[C@@H]4OC(CO)[C@@H](O)[C@H](O[C@@H]5OC(CO)[C@@H](O)[C@H](O[C@@H]6OC(CO)[C@@H](O)[C@H](O)C6O)C5O)C4O)C3O)C2O)C1O. The van der Waals surface area contributed by atoms with Gasteiger partial charge in [0.25, 0.3) is 0 Å². The molecule has 7 rings (SSSR count). The molecule has 0 aromatic rings. The van der Waals surface area contributed by atoms with Crippen LogP contribution >= 0.6 is 0 Å². The van der Waals surface area contributed by atoms with E-state index >= 15 is 0 Å². The Balaban J connectivity index is 1.04. The molecule has 0 amide bonds. The van der Waals surface area contributed by atoms with E-state index in [1.165, 1.54) is 6.92 Å². The third-order valence-electron chi connectivity index (χ3n) is 14.8. The average Bonchev–Trinajstić information content (AvgIpc) is 3.58. The Morgan fingerprint density at radius 3 is 0.769 bits per heavy atom. The Morgan fingerprint density at radius 2 is 0.474 bits per heavy atom. The van der Waals surface area contributed by atoms with Gasteiger partial charge in [0.15, 0.2) is 37.7 Å². The molecule has 0 aliphatic carbocycles. The average molecular weight is 1150 g/mol. The first-order chi connectivity index (χ1) is 37.0. The Labute approximate surface area is 441 Å². The number of hydrogen-bond donors (Lipinski definition) is 22. The van der Waals surface area contributed by atoms with Gasteiger partial charge in [-0.05, 0) is 6.92 Å². The van der Waals surface area contributed by atoms with E-state index in [2.05, 4.69) is 0 Å². The maximum atomic E-state index is 11.7. The zero-order valence-electron chi connectivity index (χ0n) is 41.3. The third-order valence-corrected chi connectivity index (χ3v) is 14.8. The summed E-state index contributed by atoms with van der Waals surface area (Å²) in [6.45, 7) is -5.10. The summed E-state index contributed by atoms with van der Waals surface area (Å²) in [5, 5.41) is 235. The van der Waals surface area contributed by atoms with Gasteiger partial charge in [-0.15, -0.1) is 0 Å². The molecule has 7 heterocycles. The van der Waals surface area contributed by atoms with Crippen molar-refractivity contribution in [1.29, 1.82) is 0 Å². The van der Waals surface area contributed by atoms with Gasteiger partial charge < -0.3 is 174 Å². The maximum absolute atomic E-state index is 11.7. The van der Waals surface area contributed by atoms with E-state index in [1.807, 2.05) is 0 Å². The van der Waals surface area contributed by atoms with Crippen molar-refractivity contribution in [2.24, 2.45) is 0 Å². The van der Waals surface area contributed by atoms with Crippen LogP contribution in [0.3, 0.4) is 0 Å². The topological polar surface area (TPSA) is 565 Å².